The van der Waals surface area contributed by atoms with Gasteiger partial charge in [0.2, 0.25) is 0 Å². The Balaban J connectivity index is 3.44. The van der Waals surface area contributed by atoms with Gasteiger partial charge in [-0.15, -0.1) is 0 Å². The van der Waals surface area contributed by atoms with E-state index >= 15 is 0 Å². The molecule has 1 nitrogen and oxygen atoms in total. The molecule has 0 radical (unpaired) electrons. The van der Waals surface area contributed by atoms with Crippen molar-refractivity contribution < 1.29 is 5.11 Å². The fourth-order valence-electron chi connectivity index (χ4n) is 1.52. The summed E-state index contributed by atoms with van der Waals surface area (Å²) in [5, 5.41) is 8.52. The molecule has 0 aliphatic carbocycles. The molecule has 0 rings (SSSR count). The summed E-state index contributed by atoms with van der Waals surface area (Å²) in [6.07, 6.45) is 13.0. The smallest absolute Gasteiger partial charge is 0.0615 e. The zero-order chi connectivity index (χ0) is 11.5. The van der Waals surface area contributed by atoms with Gasteiger partial charge in [0, 0.05) is 0 Å². The molecule has 0 aromatic heterocycles. The summed E-state index contributed by atoms with van der Waals surface area (Å²) in [4.78, 5) is 0. The number of allylic oxidation sites excluding steroid dienone is 3. The van der Waals surface area contributed by atoms with Crippen LogP contribution in [0.5, 0.6) is 0 Å². The van der Waals surface area contributed by atoms with Crippen LogP contribution in [0.25, 0.3) is 0 Å². The highest BCUT2D eigenvalue weighted by Gasteiger charge is 2.00. The van der Waals surface area contributed by atoms with Crippen molar-refractivity contribution in [3.8, 4) is 0 Å². The van der Waals surface area contributed by atoms with E-state index in [4.69, 9.17) is 5.11 Å². The predicted octanol–water partition coefficient (Wildman–Crippen LogP) is 3.94. The summed E-state index contributed by atoms with van der Waals surface area (Å²) in [5.74, 6) is 1.61. The molecule has 0 bridgehead atoms. The Morgan fingerprint density at radius 3 is 2.27 bits per heavy atom. The number of aliphatic hydroxyl groups excluding tert-OH is 1. The number of aliphatic hydroxyl groups is 1. The maximum Gasteiger partial charge on any atom is 0.0615 e. The molecule has 0 aromatic carbocycles. The molecule has 0 saturated carbocycles. The highest BCUT2D eigenvalue weighted by molar-refractivity contribution is 5.02. The van der Waals surface area contributed by atoms with E-state index in [0.717, 1.165) is 18.3 Å². The highest BCUT2D eigenvalue weighted by Crippen LogP contribution is 2.15. The molecule has 0 aromatic rings. The SMILES string of the molecule is CC(C)CCCC(C)C/C=C/C=C/CO. The minimum absolute atomic E-state index is 0.133. The fraction of sp³-hybridized carbons (Fsp3) is 0.714. The lowest BCUT2D eigenvalue weighted by Crippen LogP contribution is -1.95. The molecular weight excluding hydrogens is 184 g/mol. The van der Waals surface area contributed by atoms with Crippen molar-refractivity contribution in [3.63, 3.8) is 0 Å². The molecule has 0 spiro atoms. The number of hydrogen-bond donors (Lipinski definition) is 1. The van der Waals surface area contributed by atoms with Crippen LogP contribution in [-0.4, -0.2) is 11.7 Å². The summed E-state index contributed by atoms with van der Waals surface area (Å²) in [5.41, 5.74) is 0. The lowest BCUT2D eigenvalue weighted by Gasteiger charge is -2.09. The molecule has 0 fully saturated rings. The second-order valence-electron chi connectivity index (χ2n) is 4.70. The van der Waals surface area contributed by atoms with E-state index in [9.17, 15) is 0 Å². The molecule has 0 aliphatic rings. The molecule has 0 saturated heterocycles. The summed E-state index contributed by atoms with van der Waals surface area (Å²) in [6.45, 7) is 7.00. The molecule has 1 heteroatoms. The fourth-order valence-corrected chi connectivity index (χ4v) is 1.52. The third-order valence-corrected chi connectivity index (χ3v) is 2.51. The average Bonchev–Trinajstić information content (AvgIpc) is 2.17. The average molecular weight is 210 g/mol. The van der Waals surface area contributed by atoms with E-state index in [1.54, 1.807) is 6.08 Å². The first kappa shape index (κ1) is 14.4. The zero-order valence-electron chi connectivity index (χ0n) is 10.4. The highest BCUT2D eigenvalue weighted by atomic mass is 16.2. The van der Waals surface area contributed by atoms with Gasteiger partial charge in [-0.3, -0.25) is 0 Å². The first-order chi connectivity index (χ1) is 7.16. The Kier molecular flexibility index (Phi) is 9.60. The van der Waals surface area contributed by atoms with Crippen molar-refractivity contribution in [3.05, 3.63) is 24.3 Å². The van der Waals surface area contributed by atoms with Gasteiger partial charge in [0.25, 0.3) is 0 Å². The Morgan fingerprint density at radius 1 is 1.00 bits per heavy atom. The standard InChI is InChI=1S/C14H26O/c1-13(2)9-8-11-14(3)10-6-4-5-7-12-15/h4-7,13-15H,8-12H2,1-3H3/b6-4+,7-5+. The van der Waals surface area contributed by atoms with Gasteiger partial charge in [-0.2, -0.15) is 0 Å². The maximum absolute atomic E-state index is 8.52. The van der Waals surface area contributed by atoms with Gasteiger partial charge in [0.1, 0.15) is 0 Å². The van der Waals surface area contributed by atoms with Crippen LogP contribution in [0.15, 0.2) is 24.3 Å². The number of rotatable bonds is 8. The summed E-state index contributed by atoms with van der Waals surface area (Å²) < 4.78 is 0. The van der Waals surface area contributed by atoms with Crippen LogP contribution >= 0.6 is 0 Å². The molecule has 1 atom stereocenters. The van der Waals surface area contributed by atoms with Crippen molar-refractivity contribution in [2.45, 2.75) is 46.5 Å². The lowest BCUT2D eigenvalue weighted by atomic mass is 9.97. The van der Waals surface area contributed by atoms with Gasteiger partial charge in [0.05, 0.1) is 6.61 Å². The zero-order valence-corrected chi connectivity index (χ0v) is 10.4. The Bertz CT molecular complexity index is 180. The van der Waals surface area contributed by atoms with Crippen molar-refractivity contribution in [2.24, 2.45) is 11.8 Å². The van der Waals surface area contributed by atoms with E-state index in [1.807, 2.05) is 12.2 Å². The largest absolute Gasteiger partial charge is 0.392 e. The van der Waals surface area contributed by atoms with E-state index in [0.29, 0.717) is 0 Å². The molecule has 0 amide bonds. The van der Waals surface area contributed by atoms with Crippen molar-refractivity contribution in [1.82, 2.24) is 0 Å². The van der Waals surface area contributed by atoms with Gasteiger partial charge in [0.15, 0.2) is 0 Å². The first-order valence-corrected chi connectivity index (χ1v) is 6.09. The number of hydrogen-bond acceptors (Lipinski definition) is 1. The summed E-state index contributed by atoms with van der Waals surface area (Å²) in [6, 6.07) is 0. The molecule has 0 aliphatic heterocycles. The Hall–Kier alpha value is -0.560. The minimum atomic E-state index is 0.133. The van der Waals surface area contributed by atoms with E-state index in [1.165, 1.54) is 19.3 Å². The van der Waals surface area contributed by atoms with Gasteiger partial charge in [-0.1, -0.05) is 64.3 Å². The molecule has 1 unspecified atom stereocenters. The van der Waals surface area contributed by atoms with E-state index < -0.39 is 0 Å². The summed E-state index contributed by atoms with van der Waals surface area (Å²) >= 11 is 0. The summed E-state index contributed by atoms with van der Waals surface area (Å²) in [7, 11) is 0. The second-order valence-corrected chi connectivity index (χ2v) is 4.70. The van der Waals surface area contributed by atoms with Gasteiger partial charge < -0.3 is 5.11 Å². The van der Waals surface area contributed by atoms with E-state index in [-0.39, 0.29) is 6.61 Å². The van der Waals surface area contributed by atoms with Gasteiger partial charge in [-0.05, 0) is 18.3 Å². The first-order valence-electron chi connectivity index (χ1n) is 6.09. The second kappa shape index (κ2) is 9.97. The Morgan fingerprint density at radius 2 is 1.67 bits per heavy atom. The maximum atomic E-state index is 8.52. The van der Waals surface area contributed by atoms with Crippen LogP contribution in [0.4, 0.5) is 0 Å². The van der Waals surface area contributed by atoms with E-state index in [2.05, 4.69) is 26.8 Å². The van der Waals surface area contributed by atoms with Crippen LogP contribution in [0.2, 0.25) is 0 Å². The monoisotopic (exact) mass is 210 g/mol. The van der Waals surface area contributed by atoms with Crippen LogP contribution < -0.4 is 0 Å². The minimum Gasteiger partial charge on any atom is -0.392 e. The van der Waals surface area contributed by atoms with Crippen molar-refractivity contribution in [1.29, 1.82) is 0 Å². The normalized spacial score (nSPS) is 14.5. The topological polar surface area (TPSA) is 20.2 Å². The van der Waals surface area contributed by atoms with Crippen LogP contribution in [0.1, 0.15) is 46.5 Å². The molecule has 15 heavy (non-hydrogen) atoms. The van der Waals surface area contributed by atoms with Crippen LogP contribution in [0.3, 0.4) is 0 Å². The molecule has 1 N–H and O–H groups in total. The third kappa shape index (κ3) is 11.4. The van der Waals surface area contributed by atoms with Gasteiger partial charge >= 0.3 is 0 Å². The Labute approximate surface area is 94.9 Å². The predicted molar refractivity (Wildman–Crippen MR) is 67.8 cm³/mol. The molecule has 88 valence electrons. The van der Waals surface area contributed by atoms with Crippen molar-refractivity contribution in [2.75, 3.05) is 6.61 Å². The molecular formula is C14H26O. The van der Waals surface area contributed by atoms with Crippen LogP contribution in [-0.2, 0) is 0 Å². The lowest BCUT2D eigenvalue weighted by molar-refractivity contribution is 0.343. The van der Waals surface area contributed by atoms with Gasteiger partial charge in [-0.25, -0.2) is 0 Å². The van der Waals surface area contributed by atoms with Crippen molar-refractivity contribution >= 4 is 0 Å². The molecule has 0 heterocycles. The van der Waals surface area contributed by atoms with Crippen LogP contribution in [0, 0.1) is 11.8 Å². The third-order valence-electron chi connectivity index (χ3n) is 2.51. The quantitative estimate of drug-likeness (QED) is 0.602.